The number of hydrogen-bond donors (Lipinski definition) is 0. The molecule has 0 amide bonds. The van der Waals surface area contributed by atoms with Crippen LogP contribution in [0.25, 0.3) is 0 Å². The number of ketones is 1. The summed E-state index contributed by atoms with van der Waals surface area (Å²) >= 11 is 0. The van der Waals surface area contributed by atoms with Crippen molar-refractivity contribution in [3.8, 4) is 0 Å². The Hall–Kier alpha value is -0.460. The van der Waals surface area contributed by atoms with Crippen molar-refractivity contribution in [2.45, 2.75) is 58.4 Å². The quantitative estimate of drug-likeness (QED) is 0.795. The van der Waals surface area contributed by atoms with Gasteiger partial charge in [0.1, 0.15) is 5.78 Å². The van der Waals surface area contributed by atoms with Crippen molar-refractivity contribution >= 4 is 16.0 Å². The summed E-state index contributed by atoms with van der Waals surface area (Å²) in [6.45, 7) is 5.51. The van der Waals surface area contributed by atoms with E-state index in [1.807, 2.05) is 0 Å². The molecule has 0 aliphatic carbocycles. The summed E-state index contributed by atoms with van der Waals surface area (Å²) in [5.74, 6) is 0.681. The van der Waals surface area contributed by atoms with Crippen molar-refractivity contribution in [1.29, 1.82) is 0 Å². The summed E-state index contributed by atoms with van der Waals surface area (Å²) in [6, 6.07) is -0.134. The van der Waals surface area contributed by atoms with Crippen molar-refractivity contribution in [3.05, 3.63) is 0 Å². The third kappa shape index (κ3) is 3.59. The third-order valence-corrected chi connectivity index (χ3v) is 6.55. The molecule has 0 aromatic carbocycles. The fraction of sp³-hybridized carbons (Fsp3) is 0.929. The molecular weight excluding hydrogens is 276 g/mol. The molecule has 2 aliphatic rings. The van der Waals surface area contributed by atoms with Gasteiger partial charge in [-0.1, -0.05) is 13.3 Å². The summed E-state index contributed by atoms with van der Waals surface area (Å²) in [5, 5.41) is 0. The van der Waals surface area contributed by atoms with Gasteiger partial charge in [0.25, 0.3) is 10.2 Å². The maximum absolute atomic E-state index is 12.8. The molecule has 0 bridgehead atoms. The first-order valence-electron chi connectivity index (χ1n) is 7.67. The first kappa shape index (κ1) is 15.9. The number of carbonyl (C=O) groups is 1. The zero-order chi connectivity index (χ0) is 14.8. The Bertz CT molecular complexity index is 441. The van der Waals surface area contributed by atoms with E-state index in [-0.39, 0.29) is 11.8 Å². The van der Waals surface area contributed by atoms with E-state index >= 15 is 0 Å². The highest BCUT2D eigenvalue weighted by Crippen LogP contribution is 2.27. The van der Waals surface area contributed by atoms with Crippen LogP contribution in [0.15, 0.2) is 0 Å². The first-order valence-corrected chi connectivity index (χ1v) is 9.07. The van der Waals surface area contributed by atoms with Gasteiger partial charge in [-0.3, -0.25) is 4.79 Å². The van der Waals surface area contributed by atoms with Gasteiger partial charge in [0.2, 0.25) is 0 Å². The third-order valence-electron chi connectivity index (χ3n) is 4.46. The lowest BCUT2D eigenvalue weighted by atomic mass is 10.0. The van der Waals surface area contributed by atoms with E-state index in [2.05, 4.69) is 6.92 Å². The zero-order valence-corrected chi connectivity index (χ0v) is 13.4. The van der Waals surface area contributed by atoms with Crippen LogP contribution in [-0.4, -0.2) is 48.5 Å². The summed E-state index contributed by atoms with van der Waals surface area (Å²) in [6.07, 6.45) is 4.94. The first-order chi connectivity index (χ1) is 9.41. The molecule has 0 aromatic rings. The molecule has 0 N–H and O–H groups in total. The molecule has 0 aromatic heterocycles. The van der Waals surface area contributed by atoms with Crippen molar-refractivity contribution in [2.75, 3.05) is 19.6 Å². The SMILES string of the molecule is CC(=O)CC1CCCCN1S(=O)(=O)N1CCC(C)CC1. The van der Waals surface area contributed by atoms with Crippen LogP contribution in [0.1, 0.15) is 52.4 Å². The van der Waals surface area contributed by atoms with Gasteiger partial charge in [-0.05, 0) is 38.5 Å². The fourth-order valence-electron chi connectivity index (χ4n) is 3.18. The summed E-state index contributed by atoms with van der Waals surface area (Å²) in [7, 11) is -3.39. The topological polar surface area (TPSA) is 57.7 Å². The highest BCUT2D eigenvalue weighted by molar-refractivity contribution is 7.86. The second-order valence-electron chi connectivity index (χ2n) is 6.26. The van der Waals surface area contributed by atoms with Gasteiger partial charge in [-0.25, -0.2) is 0 Å². The molecule has 1 unspecified atom stereocenters. The molecule has 2 fully saturated rings. The van der Waals surface area contributed by atoms with E-state index in [0.717, 1.165) is 32.1 Å². The summed E-state index contributed by atoms with van der Waals surface area (Å²) < 4.78 is 28.8. The Morgan fingerprint density at radius 3 is 2.35 bits per heavy atom. The lowest BCUT2D eigenvalue weighted by Crippen LogP contribution is -2.52. The molecule has 20 heavy (non-hydrogen) atoms. The lowest BCUT2D eigenvalue weighted by molar-refractivity contribution is -0.118. The van der Waals surface area contributed by atoms with Crippen LogP contribution in [0.5, 0.6) is 0 Å². The average Bonchev–Trinajstić information content (AvgIpc) is 2.39. The highest BCUT2D eigenvalue weighted by atomic mass is 32.2. The number of Topliss-reactive ketones (excluding diaryl/α,β-unsaturated/α-hetero) is 1. The average molecular weight is 302 g/mol. The normalized spacial score (nSPS) is 27.6. The minimum atomic E-state index is -3.39. The van der Waals surface area contributed by atoms with Crippen LogP contribution >= 0.6 is 0 Å². The van der Waals surface area contributed by atoms with Crippen molar-refractivity contribution < 1.29 is 13.2 Å². The second-order valence-corrected chi connectivity index (χ2v) is 8.14. The van der Waals surface area contributed by atoms with Crippen molar-refractivity contribution in [1.82, 2.24) is 8.61 Å². The second kappa shape index (κ2) is 6.54. The molecule has 2 rings (SSSR count). The molecule has 2 heterocycles. The predicted octanol–water partition coefficient (Wildman–Crippen LogP) is 1.80. The molecule has 1 atom stereocenters. The fourth-order valence-corrected chi connectivity index (χ4v) is 5.06. The van der Waals surface area contributed by atoms with Crippen LogP contribution in [-0.2, 0) is 15.0 Å². The number of rotatable bonds is 4. The molecule has 2 saturated heterocycles. The number of carbonyl (C=O) groups excluding carboxylic acids is 1. The highest BCUT2D eigenvalue weighted by Gasteiger charge is 2.37. The van der Waals surface area contributed by atoms with Gasteiger partial charge in [0, 0.05) is 32.1 Å². The van der Waals surface area contributed by atoms with Gasteiger partial charge >= 0.3 is 0 Å². The van der Waals surface area contributed by atoms with Crippen LogP contribution in [0.4, 0.5) is 0 Å². The van der Waals surface area contributed by atoms with Gasteiger partial charge in [0.05, 0.1) is 0 Å². The van der Waals surface area contributed by atoms with E-state index in [9.17, 15) is 13.2 Å². The standard InChI is InChI=1S/C14H26N2O3S/c1-12-6-9-15(10-7-12)20(18,19)16-8-4-3-5-14(16)11-13(2)17/h12,14H,3-11H2,1-2H3. The molecule has 116 valence electrons. The van der Waals surface area contributed by atoms with Gasteiger partial charge in [-0.15, -0.1) is 0 Å². The van der Waals surface area contributed by atoms with E-state index in [0.29, 0.717) is 32.0 Å². The number of piperidine rings is 2. The minimum absolute atomic E-state index is 0.0735. The Labute approximate surface area is 122 Å². The summed E-state index contributed by atoms with van der Waals surface area (Å²) in [4.78, 5) is 11.4. The molecule has 5 nitrogen and oxygen atoms in total. The number of nitrogens with zero attached hydrogens (tertiary/aromatic N) is 2. The Morgan fingerprint density at radius 2 is 1.75 bits per heavy atom. The van der Waals surface area contributed by atoms with E-state index in [1.165, 1.54) is 0 Å². The van der Waals surface area contributed by atoms with Crippen LogP contribution in [0.2, 0.25) is 0 Å². The Morgan fingerprint density at radius 1 is 1.10 bits per heavy atom. The number of hydrogen-bond acceptors (Lipinski definition) is 3. The molecule has 0 radical (unpaired) electrons. The maximum atomic E-state index is 12.8. The smallest absolute Gasteiger partial charge is 0.282 e. The predicted molar refractivity (Wildman–Crippen MR) is 78.5 cm³/mol. The van der Waals surface area contributed by atoms with Crippen molar-refractivity contribution in [2.24, 2.45) is 5.92 Å². The lowest BCUT2D eigenvalue weighted by Gasteiger charge is -2.39. The van der Waals surface area contributed by atoms with Crippen LogP contribution in [0, 0.1) is 5.92 Å². The molecule has 2 aliphatic heterocycles. The molecule has 0 spiro atoms. The van der Waals surface area contributed by atoms with Gasteiger partial charge < -0.3 is 0 Å². The van der Waals surface area contributed by atoms with Gasteiger partial charge in [0.15, 0.2) is 0 Å². The molecule has 0 saturated carbocycles. The zero-order valence-electron chi connectivity index (χ0n) is 12.5. The van der Waals surface area contributed by atoms with E-state index < -0.39 is 10.2 Å². The minimum Gasteiger partial charge on any atom is -0.300 e. The van der Waals surface area contributed by atoms with E-state index in [4.69, 9.17) is 0 Å². The Kier molecular flexibility index (Phi) is 5.20. The Balaban J connectivity index is 2.11. The van der Waals surface area contributed by atoms with Crippen LogP contribution in [0.3, 0.4) is 0 Å². The monoisotopic (exact) mass is 302 g/mol. The largest absolute Gasteiger partial charge is 0.300 e. The van der Waals surface area contributed by atoms with E-state index in [1.54, 1.807) is 15.5 Å². The molecule has 6 heteroatoms. The van der Waals surface area contributed by atoms with Crippen LogP contribution < -0.4 is 0 Å². The van der Waals surface area contributed by atoms with Crippen molar-refractivity contribution in [3.63, 3.8) is 0 Å². The maximum Gasteiger partial charge on any atom is 0.282 e. The van der Waals surface area contributed by atoms with Gasteiger partial charge in [-0.2, -0.15) is 17.0 Å². The molecular formula is C14H26N2O3S. The summed E-state index contributed by atoms with van der Waals surface area (Å²) in [5.41, 5.74) is 0.